The van der Waals surface area contributed by atoms with Gasteiger partial charge in [0.25, 0.3) is 10.0 Å². The number of nitrogens with zero attached hydrogens (tertiary/aromatic N) is 1. The molecule has 0 radical (unpaired) electrons. The molecule has 144 valence electrons. The Morgan fingerprint density at radius 3 is 2.32 bits per heavy atom. The second-order valence-electron chi connectivity index (χ2n) is 5.89. The lowest BCUT2D eigenvalue weighted by atomic mass is 10.2. The molecule has 0 unspecified atom stereocenters. The van der Waals surface area contributed by atoms with E-state index in [4.69, 9.17) is 4.74 Å². The molecule has 1 heterocycles. The number of benzene rings is 2. The molecule has 0 bridgehead atoms. The molecule has 0 aliphatic rings. The average Bonchev–Trinajstić information content (AvgIpc) is 3.27. The average molecular weight is 398 g/mol. The van der Waals surface area contributed by atoms with Gasteiger partial charge in [-0.3, -0.25) is 9.10 Å². The molecule has 0 aliphatic carbocycles. The lowest BCUT2D eigenvalue weighted by Crippen LogP contribution is -2.28. The number of ether oxygens (including phenoxy) is 1. The maximum absolute atomic E-state index is 13.0. The van der Waals surface area contributed by atoms with Gasteiger partial charge in [-0.05, 0) is 36.4 Å². The van der Waals surface area contributed by atoms with E-state index in [9.17, 15) is 18.0 Å². The Morgan fingerprint density at radius 1 is 0.964 bits per heavy atom. The maximum Gasteiger partial charge on any atom is 0.339 e. The summed E-state index contributed by atoms with van der Waals surface area (Å²) in [7, 11) is -2.60. The molecule has 0 spiro atoms. The molecule has 0 saturated carbocycles. The van der Waals surface area contributed by atoms with Crippen molar-refractivity contribution in [1.29, 1.82) is 0 Å². The highest BCUT2D eigenvalue weighted by Crippen LogP contribution is 2.24. The number of H-pyrrole nitrogens is 1. The smallest absolute Gasteiger partial charge is 0.339 e. The van der Waals surface area contributed by atoms with E-state index < -0.39 is 28.4 Å². The van der Waals surface area contributed by atoms with Gasteiger partial charge >= 0.3 is 5.97 Å². The summed E-state index contributed by atoms with van der Waals surface area (Å²) in [6.07, 6.45) is 1.58. The second kappa shape index (κ2) is 8.10. The summed E-state index contributed by atoms with van der Waals surface area (Å²) < 4.78 is 32.2. The van der Waals surface area contributed by atoms with Gasteiger partial charge in [0.05, 0.1) is 16.9 Å². The van der Waals surface area contributed by atoms with Crippen LogP contribution in [-0.4, -0.2) is 38.8 Å². The van der Waals surface area contributed by atoms with Crippen LogP contribution < -0.4 is 4.31 Å². The summed E-state index contributed by atoms with van der Waals surface area (Å²) in [6, 6.07) is 17.4. The van der Waals surface area contributed by atoms with E-state index in [0.717, 1.165) is 4.31 Å². The summed E-state index contributed by atoms with van der Waals surface area (Å²) in [4.78, 5) is 27.0. The molecule has 3 rings (SSSR count). The van der Waals surface area contributed by atoms with Crippen LogP contribution in [0.15, 0.2) is 77.8 Å². The van der Waals surface area contributed by atoms with E-state index >= 15 is 0 Å². The summed E-state index contributed by atoms with van der Waals surface area (Å²) in [5.41, 5.74) is 0.620. The summed E-state index contributed by atoms with van der Waals surface area (Å²) >= 11 is 0. The lowest BCUT2D eigenvalue weighted by molar-refractivity contribution is 0.0470. The molecule has 3 aromatic rings. The van der Waals surface area contributed by atoms with Crippen LogP contribution in [0.2, 0.25) is 0 Å². The van der Waals surface area contributed by atoms with Crippen LogP contribution in [0.3, 0.4) is 0 Å². The number of ketones is 1. The van der Waals surface area contributed by atoms with Gasteiger partial charge in [0.1, 0.15) is 4.90 Å². The molecular weight excluding hydrogens is 380 g/mol. The topological polar surface area (TPSA) is 96.5 Å². The third-order valence-electron chi connectivity index (χ3n) is 4.10. The summed E-state index contributed by atoms with van der Waals surface area (Å²) in [5.74, 6) is -1.30. The first-order valence-electron chi connectivity index (χ1n) is 8.38. The number of carbonyl (C=O) groups is 2. The Labute approximate surface area is 162 Å². The Morgan fingerprint density at radius 2 is 1.64 bits per heavy atom. The van der Waals surface area contributed by atoms with Crippen molar-refractivity contribution in [3.05, 3.63) is 84.2 Å². The zero-order valence-electron chi connectivity index (χ0n) is 15.0. The van der Waals surface area contributed by atoms with Gasteiger partial charge in [0.2, 0.25) is 5.78 Å². The van der Waals surface area contributed by atoms with Crippen LogP contribution >= 0.6 is 0 Å². The first-order valence-corrected chi connectivity index (χ1v) is 9.82. The lowest BCUT2D eigenvalue weighted by Gasteiger charge is -2.20. The van der Waals surface area contributed by atoms with E-state index in [-0.39, 0.29) is 10.5 Å². The van der Waals surface area contributed by atoms with Crippen LogP contribution in [0.25, 0.3) is 0 Å². The van der Waals surface area contributed by atoms with Crippen LogP contribution in [0.4, 0.5) is 5.69 Å². The Kier molecular flexibility index (Phi) is 5.60. The first-order chi connectivity index (χ1) is 13.4. The number of sulfonamides is 1. The van der Waals surface area contributed by atoms with Crippen molar-refractivity contribution in [1.82, 2.24) is 4.98 Å². The van der Waals surface area contributed by atoms with E-state index in [0.29, 0.717) is 11.4 Å². The molecule has 0 aliphatic heterocycles. The molecule has 1 aromatic heterocycles. The van der Waals surface area contributed by atoms with Gasteiger partial charge < -0.3 is 9.72 Å². The predicted octanol–water partition coefficient (Wildman–Crippen LogP) is 2.88. The number of Topliss-reactive ketones (excluding diaryl/α,β-unsaturated/α-hetero) is 1. The fourth-order valence-corrected chi connectivity index (χ4v) is 3.95. The summed E-state index contributed by atoms with van der Waals surface area (Å²) in [5, 5.41) is 0. The zero-order valence-corrected chi connectivity index (χ0v) is 15.8. The van der Waals surface area contributed by atoms with Gasteiger partial charge in [0.15, 0.2) is 6.61 Å². The largest absolute Gasteiger partial charge is 0.454 e. The SMILES string of the molecule is CN(c1ccccc1)S(=O)(=O)c1ccccc1C(=O)OCC(=O)c1ccc[nH]1. The van der Waals surface area contributed by atoms with E-state index in [1.54, 1.807) is 48.7 Å². The van der Waals surface area contributed by atoms with Crippen molar-refractivity contribution in [3.63, 3.8) is 0 Å². The van der Waals surface area contributed by atoms with E-state index in [1.807, 2.05) is 0 Å². The minimum atomic E-state index is -4.01. The quantitative estimate of drug-likeness (QED) is 0.488. The number of rotatable bonds is 7. The van der Waals surface area contributed by atoms with E-state index in [2.05, 4.69) is 4.98 Å². The Hall–Kier alpha value is -3.39. The number of nitrogens with one attached hydrogen (secondary N) is 1. The number of esters is 1. The van der Waals surface area contributed by atoms with Crippen molar-refractivity contribution in [2.75, 3.05) is 18.0 Å². The third kappa shape index (κ3) is 3.96. The predicted molar refractivity (Wildman–Crippen MR) is 104 cm³/mol. The third-order valence-corrected chi connectivity index (χ3v) is 5.94. The number of aromatic nitrogens is 1. The second-order valence-corrected chi connectivity index (χ2v) is 7.83. The highest BCUT2D eigenvalue weighted by Gasteiger charge is 2.27. The number of para-hydroxylation sites is 1. The van der Waals surface area contributed by atoms with Gasteiger partial charge in [-0.15, -0.1) is 0 Å². The normalized spacial score (nSPS) is 11.0. The van der Waals surface area contributed by atoms with Gasteiger partial charge in [-0.25, -0.2) is 13.2 Å². The molecule has 0 fully saturated rings. The molecule has 2 aromatic carbocycles. The monoisotopic (exact) mass is 398 g/mol. The maximum atomic E-state index is 13.0. The van der Waals surface area contributed by atoms with Crippen molar-refractivity contribution in [2.24, 2.45) is 0 Å². The van der Waals surface area contributed by atoms with Gasteiger partial charge in [-0.1, -0.05) is 30.3 Å². The molecule has 0 amide bonds. The fourth-order valence-electron chi connectivity index (χ4n) is 2.57. The van der Waals surface area contributed by atoms with E-state index in [1.165, 1.54) is 31.3 Å². The molecular formula is C20H18N2O5S. The van der Waals surface area contributed by atoms with Crippen LogP contribution in [0.5, 0.6) is 0 Å². The minimum Gasteiger partial charge on any atom is -0.454 e. The number of carbonyl (C=O) groups excluding carboxylic acids is 2. The van der Waals surface area contributed by atoms with Crippen LogP contribution in [-0.2, 0) is 14.8 Å². The molecule has 1 N–H and O–H groups in total. The van der Waals surface area contributed by atoms with Crippen LogP contribution in [0, 0.1) is 0 Å². The fraction of sp³-hybridized carbons (Fsp3) is 0.100. The van der Waals surface area contributed by atoms with Gasteiger partial charge in [-0.2, -0.15) is 0 Å². The number of anilines is 1. The molecule has 28 heavy (non-hydrogen) atoms. The standard InChI is InChI=1S/C20H18N2O5S/c1-22(15-8-3-2-4-9-15)28(25,26)19-12-6-5-10-16(19)20(24)27-14-18(23)17-11-7-13-21-17/h2-13,21H,14H2,1H3. The molecule has 7 nitrogen and oxygen atoms in total. The van der Waals surface area contributed by atoms with Gasteiger partial charge in [0, 0.05) is 13.2 Å². The Bertz CT molecular complexity index is 1080. The molecule has 0 saturated heterocycles. The first kappa shape index (κ1) is 19.4. The number of aromatic amines is 1. The van der Waals surface area contributed by atoms with Crippen molar-refractivity contribution < 1.29 is 22.7 Å². The Balaban J connectivity index is 1.84. The minimum absolute atomic E-state index is 0.135. The van der Waals surface area contributed by atoms with Crippen molar-refractivity contribution in [3.8, 4) is 0 Å². The highest BCUT2D eigenvalue weighted by molar-refractivity contribution is 7.92. The number of hydrogen-bond donors (Lipinski definition) is 1. The van der Waals surface area contributed by atoms with Crippen molar-refractivity contribution >= 4 is 27.5 Å². The van der Waals surface area contributed by atoms with Crippen molar-refractivity contribution in [2.45, 2.75) is 4.90 Å². The molecule has 8 heteroatoms. The highest BCUT2D eigenvalue weighted by atomic mass is 32.2. The van der Waals surface area contributed by atoms with Crippen LogP contribution in [0.1, 0.15) is 20.8 Å². The summed E-state index contributed by atoms with van der Waals surface area (Å²) in [6.45, 7) is -0.498. The number of hydrogen-bond acceptors (Lipinski definition) is 5. The zero-order chi connectivity index (χ0) is 20.1. The molecule has 0 atom stereocenters.